The van der Waals surface area contributed by atoms with Gasteiger partial charge in [0.15, 0.2) is 0 Å². The van der Waals surface area contributed by atoms with Crippen molar-refractivity contribution >= 4 is 0 Å². The third kappa shape index (κ3) is 3.06. The molecule has 94 valence electrons. The van der Waals surface area contributed by atoms with Gasteiger partial charge in [-0.15, -0.1) is 0 Å². The second-order valence-corrected chi connectivity index (χ2v) is 4.86. The van der Waals surface area contributed by atoms with E-state index in [0.29, 0.717) is 6.61 Å². The zero-order valence-electron chi connectivity index (χ0n) is 10.4. The molecule has 1 aliphatic carbocycles. The topological polar surface area (TPSA) is 41.5 Å². The fraction of sp³-hybridized carbons (Fsp3) is 0.571. The SMILES string of the molecule is COCC(CO)(NCC1CC1)c1ccccc1. The maximum atomic E-state index is 9.75. The Labute approximate surface area is 103 Å². The molecule has 0 bridgehead atoms. The van der Waals surface area contributed by atoms with Crippen LogP contribution in [0.15, 0.2) is 30.3 Å². The molecule has 1 aromatic carbocycles. The summed E-state index contributed by atoms with van der Waals surface area (Å²) in [6, 6.07) is 10.0. The van der Waals surface area contributed by atoms with E-state index in [9.17, 15) is 5.11 Å². The van der Waals surface area contributed by atoms with Gasteiger partial charge in [-0.25, -0.2) is 0 Å². The number of rotatable bonds is 7. The third-order valence-electron chi connectivity index (χ3n) is 3.41. The lowest BCUT2D eigenvalue weighted by atomic mass is 9.91. The van der Waals surface area contributed by atoms with Crippen LogP contribution in [0.25, 0.3) is 0 Å². The highest BCUT2D eigenvalue weighted by molar-refractivity contribution is 5.25. The number of aliphatic hydroxyl groups is 1. The molecular formula is C14H21NO2. The van der Waals surface area contributed by atoms with E-state index in [2.05, 4.69) is 5.32 Å². The normalized spacial score (nSPS) is 18.9. The van der Waals surface area contributed by atoms with Crippen molar-refractivity contribution in [2.75, 3.05) is 26.9 Å². The molecule has 1 atom stereocenters. The Balaban J connectivity index is 2.14. The van der Waals surface area contributed by atoms with E-state index in [1.54, 1.807) is 7.11 Å². The molecule has 1 aliphatic rings. The number of hydrogen-bond acceptors (Lipinski definition) is 3. The van der Waals surface area contributed by atoms with Gasteiger partial charge in [0.05, 0.1) is 18.8 Å². The standard InChI is InChI=1S/C14H21NO2/c1-17-11-14(10-16,15-9-12-7-8-12)13-5-3-2-4-6-13/h2-6,12,15-16H,7-11H2,1H3. The van der Waals surface area contributed by atoms with Crippen LogP contribution in [0.5, 0.6) is 0 Å². The second kappa shape index (κ2) is 5.63. The summed E-state index contributed by atoms with van der Waals surface area (Å²) in [7, 11) is 1.67. The molecule has 0 heterocycles. The van der Waals surface area contributed by atoms with Crippen molar-refractivity contribution in [3.8, 4) is 0 Å². The highest BCUT2D eigenvalue weighted by Crippen LogP contribution is 2.30. The first kappa shape index (κ1) is 12.6. The molecule has 0 aliphatic heterocycles. The molecule has 0 aromatic heterocycles. The van der Waals surface area contributed by atoms with Gasteiger partial charge in [0.25, 0.3) is 0 Å². The summed E-state index contributed by atoms with van der Waals surface area (Å²) in [4.78, 5) is 0. The van der Waals surface area contributed by atoms with Gasteiger partial charge in [0.2, 0.25) is 0 Å². The third-order valence-corrected chi connectivity index (χ3v) is 3.41. The van der Waals surface area contributed by atoms with Crippen LogP contribution in [0.2, 0.25) is 0 Å². The van der Waals surface area contributed by atoms with Gasteiger partial charge in [-0.1, -0.05) is 30.3 Å². The molecule has 0 spiro atoms. The minimum Gasteiger partial charge on any atom is -0.394 e. The fourth-order valence-electron chi connectivity index (χ4n) is 2.09. The summed E-state index contributed by atoms with van der Waals surface area (Å²) in [5.74, 6) is 0.779. The molecule has 1 aromatic rings. The van der Waals surface area contributed by atoms with Crippen LogP contribution < -0.4 is 5.32 Å². The van der Waals surface area contributed by atoms with E-state index in [4.69, 9.17) is 4.74 Å². The van der Waals surface area contributed by atoms with Crippen LogP contribution in [0.1, 0.15) is 18.4 Å². The predicted molar refractivity (Wildman–Crippen MR) is 67.8 cm³/mol. The van der Waals surface area contributed by atoms with E-state index < -0.39 is 5.54 Å². The van der Waals surface area contributed by atoms with Crippen LogP contribution in [-0.2, 0) is 10.3 Å². The number of ether oxygens (including phenoxy) is 1. The predicted octanol–water partition coefficient (Wildman–Crippen LogP) is 1.52. The molecule has 0 amide bonds. The molecular weight excluding hydrogens is 214 g/mol. The van der Waals surface area contributed by atoms with E-state index in [1.807, 2.05) is 30.3 Å². The van der Waals surface area contributed by atoms with Crippen molar-refractivity contribution in [3.05, 3.63) is 35.9 Å². The summed E-state index contributed by atoms with van der Waals surface area (Å²) in [5.41, 5.74) is 0.628. The Kier molecular flexibility index (Phi) is 4.15. The Morgan fingerprint density at radius 2 is 2.06 bits per heavy atom. The van der Waals surface area contributed by atoms with Crippen molar-refractivity contribution in [1.82, 2.24) is 5.32 Å². The zero-order chi connectivity index (χ0) is 12.1. The van der Waals surface area contributed by atoms with E-state index in [-0.39, 0.29) is 6.61 Å². The van der Waals surface area contributed by atoms with Crippen molar-refractivity contribution in [2.45, 2.75) is 18.4 Å². The summed E-state index contributed by atoms with van der Waals surface area (Å²) in [6.45, 7) is 1.50. The summed E-state index contributed by atoms with van der Waals surface area (Å²) >= 11 is 0. The van der Waals surface area contributed by atoms with Gasteiger partial charge in [0.1, 0.15) is 0 Å². The lowest BCUT2D eigenvalue weighted by molar-refractivity contribution is 0.0598. The molecule has 3 heteroatoms. The van der Waals surface area contributed by atoms with E-state index in [1.165, 1.54) is 12.8 Å². The van der Waals surface area contributed by atoms with Gasteiger partial charge in [-0.3, -0.25) is 0 Å². The zero-order valence-corrected chi connectivity index (χ0v) is 10.4. The van der Waals surface area contributed by atoms with Gasteiger partial charge < -0.3 is 15.2 Å². The quantitative estimate of drug-likeness (QED) is 0.753. The highest BCUT2D eigenvalue weighted by Gasteiger charge is 2.33. The lowest BCUT2D eigenvalue weighted by Gasteiger charge is -2.33. The summed E-state index contributed by atoms with van der Waals surface area (Å²) in [5, 5.41) is 13.2. The molecule has 0 saturated heterocycles. The molecule has 1 unspecified atom stereocenters. The fourth-order valence-corrected chi connectivity index (χ4v) is 2.09. The number of aliphatic hydroxyl groups excluding tert-OH is 1. The Bertz CT molecular complexity index is 337. The molecule has 0 radical (unpaired) electrons. The molecule has 2 N–H and O–H groups in total. The molecule has 3 nitrogen and oxygen atoms in total. The molecule has 1 fully saturated rings. The van der Waals surface area contributed by atoms with Crippen molar-refractivity contribution < 1.29 is 9.84 Å². The molecule has 2 rings (SSSR count). The first-order valence-corrected chi connectivity index (χ1v) is 6.21. The summed E-state index contributed by atoms with van der Waals surface area (Å²) in [6.07, 6.45) is 2.60. The smallest absolute Gasteiger partial charge is 0.0905 e. The molecule has 1 saturated carbocycles. The first-order chi connectivity index (χ1) is 8.30. The van der Waals surface area contributed by atoms with E-state index >= 15 is 0 Å². The van der Waals surface area contributed by atoms with Crippen molar-refractivity contribution in [1.29, 1.82) is 0 Å². The Hall–Kier alpha value is -0.900. The van der Waals surface area contributed by atoms with Crippen LogP contribution in [0, 0.1) is 5.92 Å². The minimum absolute atomic E-state index is 0.0531. The van der Waals surface area contributed by atoms with Crippen LogP contribution in [0.4, 0.5) is 0 Å². The average molecular weight is 235 g/mol. The Morgan fingerprint density at radius 3 is 2.59 bits per heavy atom. The lowest BCUT2D eigenvalue weighted by Crippen LogP contribution is -2.50. The van der Waals surface area contributed by atoms with Crippen LogP contribution >= 0.6 is 0 Å². The number of methoxy groups -OCH3 is 1. The van der Waals surface area contributed by atoms with E-state index in [0.717, 1.165) is 18.0 Å². The maximum Gasteiger partial charge on any atom is 0.0905 e. The van der Waals surface area contributed by atoms with Crippen LogP contribution in [0.3, 0.4) is 0 Å². The first-order valence-electron chi connectivity index (χ1n) is 6.21. The number of benzene rings is 1. The minimum atomic E-state index is -0.460. The van der Waals surface area contributed by atoms with Gasteiger partial charge in [-0.05, 0) is 30.9 Å². The number of nitrogens with one attached hydrogen (secondary N) is 1. The highest BCUT2D eigenvalue weighted by atomic mass is 16.5. The van der Waals surface area contributed by atoms with Gasteiger partial charge in [0, 0.05) is 7.11 Å². The van der Waals surface area contributed by atoms with Gasteiger partial charge in [-0.2, -0.15) is 0 Å². The van der Waals surface area contributed by atoms with Gasteiger partial charge >= 0.3 is 0 Å². The van der Waals surface area contributed by atoms with Crippen LogP contribution in [-0.4, -0.2) is 32.0 Å². The second-order valence-electron chi connectivity index (χ2n) is 4.86. The monoisotopic (exact) mass is 235 g/mol. The number of hydrogen-bond donors (Lipinski definition) is 2. The Morgan fingerprint density at radius 1 is 1.35 bits per heavy atom. The molecule has 17 heavy (non-hydrogen) atoms. The largest absolute Gasteiger partial charge is 0.394 e. The average Bonchev–Trinajstić information content (AvgIpc) is 3.20. The maximum absolute atomic E-state index is 9.75. The summed E-state index contributed by atoms with van der Waals surface area (Å²) < 4.78 is 5.28. The van der Waals surface area contributed by atoms with Crippen molar-refractivity contribution in [2.24, 2.45) is 5.92 Å². The van der Waals surface area contributed by atoms with Crippen molar-refractivity contribution in [3.63, 3.8) is 0 Å².